The van der Waals surface area contributed by atoms with Gasteiger partial charge in [0.25, 0.3) is 11.8 Å². The van der Waals surface area contributed by atoms with Crippen molar-refractivity contribution in [3.05, 3.63) is 113 Å². The summed E-state index contributed by atoms with van der Waals surface area (Å²) in [5.41, 5.74) is 3.66. The number of hydrogen-bond donors (Lipinski definition) is 3. The van der Waals surface area contributed by atoms with Crippen molar-refractivity contribution in [1.29, 1.82) is 0 Å². The third-order valence-corrected chi connectivity index (χ3v) is 5.88. The number of ether oxygens (including phenoxy) is 1. The third kappa shape index (κ3) is 7.21. The van der Waals surface area contributed by atoms with E-state index in [1.54, 1.807) is 36.4 Å². The average molecular weight is 558 g/mol. The molecular weight excluding hydrogens is 530 g/mol. The van der Waals surface area contributed by atoms with Gasteiger partial charge in [0.1, 0.15) is 5.75 Å². The summed E-state index contributed by atoms with van der Waals surface area (Å²) < 4.78 is 6.61. The quantitative estimate of drug-likeness (QED) is 0.196. The lowest BCUT2D eigenvalue weighted by Gasteiger charge is -2.15. The predicted molar refractivity (Wildman–Crippen MR) is 153 cm³/mol. The predicted octanol–water partition coefficient (Wildman–Crippen LogP) is 7.73. The summed E-state index contributed by atoms with van der Waals surface area (Å²) in [7, 11) is 0. The van der Waals surface area contributed by atoms with E-state index in [0.717, 1.165) is 15.8 Å². The summed E-state index contributed by atoms with van der Waals surface area (Å²) in [6.45, 7) is 4.57. The number of para-hydroxylation sites is 2. The molecule has 0 bridgehead atoms. The Kier molecular flexibility index (Phi) is 8.59. The molecule has 4 aromatic carbocycles. The number of rotatable bonds is 9. The van der Waals surface area contributed by atoms with Gasteiger partial charge in [-0.3, -0.25) is 9.59 Å². The second-order valence-corrected chi connectivity index (χ2v) is 9.78. The van der Waals surface area contributed by atoms with Crippen molar-refractivity contribution in [1.82, 2.24) is 0 Å². The smallest absolute Gasteiger partial charge is 0.259 e. The molecule has 0 heterocycles. The Hall–Kier alpha value is -4.10. The fourth-order valence-corrected chi connectivity index (χ4v) is 3.93. The molecule has 6 nitrogen and oxygen atoms in total. The van der Waals surface area contributed by atoms with Crippen LogP contribution in [0.2, 0.25) is 0 Å². The number of halogens is 1. The first kappa shape index (κ1) is 26.0. The van der Waals surface area contributed by atoms with Crippen molar-refractivity contribution in [3.8, 4) is 5.75 Å². The van der Waals surface area contributed by atoms with Crippen molar-refractivity contribution < 1.29 is 14.3 Å². The lowest BCUT2D eigenvalue weighted by atomic mass is 10.1. The molecule has 0 unspecified atom stereocenters. The molecule has 0 aliphatic carbocycles. The van der Waals surface area contributed by atoms with Crippen LogP contribution in [0.4, 0.5) is 22.7 Å². The van der Waals surface area contributed by atoms with Crippen LogP contribution in [-0.2, 0) is 0 Å². The second kappa shape index (κ2) is 12.2. The van der Waals surface area contributed by atoms with Gasteiger partial charge < -0.3 is 20.7 Å². The maximum atomic E-state index is 13.2. The lowest BCUT2D eigenvalue weighted by Crippen LogP contribution is -2.19. The number of nitrogens with one attached hydrogen (secondary N) is 3. The zero-order valence-electron chi connectivity index (χ0n) is 20.6. The van der Waals surface area contributed by atoms with Gasteiger partial charge in [0, 0.05) is 21.5 Å². The van der Waals surface area contributed by atoms with Gasteiger partial charge in [-0.05, 0) is 72.6 Å². The number of hydrogen-bond acceptors (Lipinski definition) is 4. The Morgan fingerprint density at radius 1 is 0.730 bits per heavy atom. The normalized spacial score (nSPS) is 10.6. The average Bonchev–Trinajstić information content (AvgIpc) is 2.90. The first-order chi connectivity index (χ1) is 17.9. The highest BCUT2D eigenvalue weighted by atomic mass is 79.9. The molecule has 0 saturated heterocycles. The largest absolute Gasteiger partial charge is 0.492 e. The van der Waals surface area contributed by atoms with Gasteiger partial charge in [-0.15, -0.1) is 0 Å². The van der Waals surface area contributed by atoms with Gasteiger partial charge >= 0.3 is 0 Å². The topological polar surface area (TPSA) is 79.5 Å². The third-order valence-electron chi connectivity index (χ3n) is 5.38. The molecule has 4 aromatic rings. The van der Waals surface area contributed by atoms with Gasteiger partial charge in [0.2, 0.25) is 0 Å². The molecular formula is C30H28BrN3O3. The van der Waals surface area contributed by atoms with Crippen molar-refractivity contribution in [2.24, 2.45) is 5.92 Å². The molecule has 2 amide bonds. The zero-order valence-corrected chi connectivity index (χ0v) is 22.2. The van der Waals surface area contributed by atoms with E-state index >= 15 is 0 Å². The molecule has 0 fully saturated rings. The van der Waals surface area contributed by atoms with Crippen LogP contribution in [0.5, 0.6) is 5.75 Å². The molecule has 7 heteroatoms. The fourth-order valence-electron chi connectivity index (χ4n) is 3.57. The van der Waals surface area contributed by atoms with Crippen LogP contribution in [-0.4, -0.2) is 18.4 Å². The van der Waals surface area contributed by atoms with Crippen molar-refractivity contribution in [2.45, 2.75) is 13.8 Å². The summed E-state index contributed by atoms with van der Waals surface area (Å²) in [4.78, 5) is 26.3. The fraction of sp³-hybridized carbons (Fsp3) is 0.133. The Labute approximate surface area is 225 Å². The molecule has 3 N–H and O–H groups in total. The first-order valence-electron chi connectivity index (χ1n) is 12.0. The van der Waals surface area contributed by atoms with E-state index in [-0.39, 0.29) is 11.8 Å². The molecule has 0 spiro atoms. The second-order valence-electron chi connectivity index (χ2n) is 8.87. The van der Waals surface area contributed by atoms with Crippen molar-refractivity contribution in [2.75, 3.05) is 22.6 Å². The van der Waals surface area contributed by atoms with E-state index in [4.69, 9.17) is 4.74 Å². The minimum Gasteiger partial charge on any atom is -0.492 e. The van der Waals surface area contributed by atoms with Crippen molar-refractivity contribution >= 4 is 50.5 Å². The number of amides is 2. The standard InChI is InChI=1S/C30H28BrN3O3/c1-20(2)19-37-28-17-12-21(31)18-26(28)30(36)34-27-11-7-6-10-25(27)29(35)33-24-15-13-23(14-16-24)32-22-8-4-3-5-9-22/h3-18,20,32H,19H2,1-2H3,(H,33,35)(H,34,36). The van der Waals surface area contributed by atoms with Crippen LogP contribution in [0.15, 0.2) is 102 Å². The number of carbonyl (C=O) groups excluding carboxylic acids is 2. The molecule has 37 heavy (non-hydrogen) atoms. The maximum Gasteiger partial charge on any atom is 0.259 e. The molecule has 188 valence electrons. The molecule has 0 aromatic heterocycles. The van der Waals surface area contributed by atoms with E-state index in [1.165, 1.54) is 0 Å². The van der Waals surface area contributed by atoms with Crippen molar-refractivity contribution in [3.63, 3.8) is 0 Å². The van der Waals surface area contributed by atoms with Crippen LogP contribution in [0, 0.1) is 5.92 Å². The number of carbonyl (C=O) groups is 2. The Bertz CT molecular complexity index is 1370. The molecule has 4 rings (SSSR count). The lowest BCUT2D eigenvalue weighted by molar-refractivity contribution is 0.102. The van der Waals surface area contributed by atoms with Crippen LogP contribution in [0.25, 0.3) is 0 Å². The van der Waals surface area contributed by atoms with E-state index < -0.39 is 0 Å². The van der Waals surface area contributed by atoms with E-state index in [0.29, 0.717) is 40.8 Å². The Morgan fingerprint density at radius 2 is 1.35 bits per heavy atom. The Morgan fingerprint density at radius 3 is 2.08 bits per heavy atom. The Balaban J connectivity index is 1.47. The van der Waals surface area contributed by atoms with Gasteiger partial charge in [0.15, 0.2) is 0 Å². The molecule has 0 atom stereocenters. The monoisotopic (exact) mass is 557 g/mol. The number of benzene rings is 4. The molecule has 0 saturated carbocycles. The summed E-state index contributed by atoms with van der Waals surface area (Å²) in [6, 6.07) is 29.5. The summed E-state index contributed by atoms with van der Waals surface area (Å²) >= 11 is 3.42. The van der Waals surface area contributed by atoms with Gasteiger partial charge in [-0.2, -0.15) is 0 Å². The van der Waals surface area contributed by atoms with E-state index in [9.17, 15) is 9.59 Å². The van der Waals surface area contributed by atoms with Crippen LogP contribution >= 0.6 is 15.9 Å². The number of anilines is 4. The minimum absolute atomic E-state index is 0.312. The summed E-state index contributed by atoms with van der Waals surface area (Å²) in [5, 5.41) is 9.09. The van der Waals surface area contributed by atoms with E-state index in [1.807, 2.05) is 74.5 Å². The zero-order chi connectivity index (χ0) is 26.2. The maximum absolute atomic E-state index is 13.2. The molecule has 0 aliphatic heterocycles. The highest BCUT2D eigenvalue weighted by Crippen LogP contribution is 2.26. The summed E-state index contributed by atoms with van der Waals surface area (Å²) in [5.74, 6) is 0.106. The van der Waals surface area contributed by atoms with E-state index in [2.05, 4.69) is 31.9 Å². The SMILES string of the molecule is CC(C)COc1ccc(Br)cc1C(=O)Nc1ccccc1C(=O)Nc1ccc(Nc2ccccc2)cc1. The highest BCUT2D eigenvalue weighted by Gasteiger charge is 2.18. The van der Waals surface area contributed by atoms with Crippen LogP contribution in [0.3, 0.4) is 0 Å². The van der Waals surface area contributed by atoms with Crippen LogP contribution in [0.1, 0.15) is 34.6 Å². The summed E-state index contributed by atoms with van der Waals surface area (Å²) in [6.07, 6.45) is 0. The van der Waals surface area contributed by atoms with Gasteiger partial charge in [-0.25, -0.2) is 0 Å². The molecule has 0 radical (unpaired) electrons. The van der Waals surface area contributed by atoms with Gasteiger partial charge in [0.05, 0.1) is 23.4 Å². The molecule has 0 aliphatic rings. The van der Waals surface area contributed by atoms with Crippen LogP contribution < -0.4 is 20.7 Å². The van der Waals surface area contributed by atoms with Gasteiger partial charge in [-0.1, -0.05) is 60.1 Å². The highest BCUT2D eigenvalue weighted by molar-refractivity contribution is 9.10. The minimum atomic E-state index is -0.364. The first-order valence-corrected chi connectivity index (χ1v) is 12.7.